The van der Waals surface area contributed by atoms with Crippen LogP contribution in [0.2, 0.25) is 0 Å². The van der Waals surface area contributed by atoms with Gasteiger partial charge in [-0.2, -0.15) is 0 Å². The van der Waals surface area contributed by atoms with E-state index in [9.17, 15) is 0 Å². The van der Waals surface area contributed by atoms with E-state index in [1.165, 1.54) is 32.1 Å². The van der Waals surface area contributed by atoms with E-state index in [4.69, 9.17) is 4.74 Å². The van der Waals surface area contributed by atoms with Gasteiger partial charge in [0.2, 0.25) is 0 Å². The highest BCUT2D eigenvalue weighted by Crippen LogP contribution is 2.28. The fourth-order valence-electron chi connectivity index (χ4n) is 1.89. The quantitative estimate of drug-likeness (QED) is 0.665. The topological polar surface area (TPSA) is 9.23 Å². The summed E-state index contributed by atoms with van der Waals surface area (Å²) in [5.74, 6) is 0.813. The molecular formula is C9H17BrO. The molecule has 0 aliphatic heterocycles. The van der Waals surface area contributed by atoms with Gasteiger partial charge in [-0.1, -0.05) is 35.2 Å². The largest absolute Gasteiger partial charge is 0.380 e. The summed E-state index contributed by atoms with van der Waals surface area (Å²) in [5, 5.41) is 0.994. The van der Waals surface area contributed by atoms with Crippen molar-refractivity contribution in [3.05, 3.63) is 0 Å². The maximum Gasteiger partial charge on any atom is 0.0696 e. The van der Waals surface area contributed by atoms with Crippen molar-refractivity contribution in [1.82, 2.24) is 0 Å². The minimum atomic E-state index is 0.454. The second kappa shape index (κ2) is 5.15. The number of alkyl halides is 1. The van der Waals surface area contributed by atoms with Crippen molar-refractivity contribution in [2.75, 3.05) is 12.4 Å². The lowest BCUT2D eigenvalue weighted by Crippen LogP contribution is -2.26. The first kappa shape index (κ1) is 9.53. The van der Waals surface area contributed by atoms with Crippen LogP contribution in [-0.4, -0.2) is 18.5 Å². The first-order valence-electron chi connectivity index (χ1n) is 4.47. The molecule has 2 heteroatoms. The SMILES string of the molecule is CO[C@H](CBr)C1CCCCC1. The van der Waals surface area contributed by atoms with Crippen molar-refractivity contribution < 1.29 is 4.74 Å². The van der Waals surface area contributed by atoms with Gasteiger partial charge in [0.05, 0.1) is 6.10 Å². The third-order valence-corrected chi connectivity index (χ3v) is 3.27. The van der Waals surface area contributed by atoms with Crippen LogP contribution in [-0.2, 0) is 4.74 Å². The molecule has 0 N–H and O–H groups in total. The number of halogens is 1. The second-order valence-corrected chi connectivity index (χ2v) is 3.97. The molecule has 1 nitrogen and oxygen atoms in total. The molecule has 0 radical (unpaired) electrons. The molecule has 1 fully saturated rings. The Morgan fingerprint density at radius 1 is 1.36 bits per heavy atom. The highest BCUT2D eigenvalue weighted by molar-refractivity contribution is 9.09. The molecule has 0 spiro atoms. The molecule has 1 atom stereocenters. The summed E-state index contributed by atoms with van der Waals surface area (Å²) in [4.78, 5) is 0. The maximum atomic E-state index is 5.39. The third-order valence-electron chi connectivity index (χ3n) is 2.63. The van der Waals surface area contributed by atoms with E-state index in [0.717, 1.165) is 11.2 Å². The van der Waals surface area contributed by atoms with Gasteiger partial charge in [0, 0.05) is 12.4 Å². The zero-order valence-electron chi connectivity index (χ0n) is 7.18. The molecule has 1 rings (SSSR count). The summed E-state index contributed by atoms with van der Waals surface area (Å²) in [5.41, 5.74) is 0. The molecule has 0 saturated heterocycles. The van der Waals surface area contributed by atoms with Crippen LogP contribution in [0.15, 0.2) is 0 Å². The van der Waals surface area contributed by atoms with E-state index in [2.05, 4.69) is 15.9 Å². The standard InChI is InChI=1S/C9H17BrO/c1-11-9(7-10)8-5-3-2-4-6-8/h8-9H,2-7H2,1H3/t9-/m1/s1. The molecule has 0 heterocycles. The van der Waals surface area contributed by atoms with E-state index >= 15 is 0 Å². The molecule has 1 saturated carbocycles. The van der Waals surface area contributed by atoms with Gasteiger partial charge in [-0.05, 0) is 18.8 Å². The molecule has 0 unspecified atom stereocenters. The smallest absolute Gasteiger partial charge is 0.0696 e. The fourth-order valence-corrected chi connectivity index (χ4v) is 2.68. The predicted octanol–water partition coefficient (Wildman–Crippen LogP) is 2.98. The van der Waals surface area contributed by atoms with Crippen molar-refractivity contribution >= 4 is 15.9 Å². The van der Waals surface area contributed by atoms with Crippen molar-refractivity contribution in [3.8, 4) is 0 Å². The van der Waals surface area contributed by atoms with Gasteiger partial charge < -0.3 is 4.74 Å². The summed E-state index contributed by atoms with van der Waals surface area (Å²) in [6.45, 7) is 0. The number of hydrogen-bond acceptors (Lipinski definition) is 1. The summed E-state index contributed by atoms with van der Waals surface area (Å²) >= 11 is 3.49. The lowest BCUT2D eigenvalue weighted by atomic mass is 9.86. The monoisotopic (exact) mass is 220 g/mol. The average Bonchev–Trinajstić information content (AvgIpc) is 2.09. The van der Waals surface area contributed by atoms with Gasteiger partial charge in [-0.3, -0.25) is 0 Å². The average molecular weight is 221 g/mol. The Hall–Kier alpha value is 0.440. The van der Waals surface area contributed by atoms with Gasteiger partial charge in [-0.15, -0.1) is 0 Å². The van der Waals surface area contributed by atoms with E-state index in [-0.39, 0.29) is 0 Å². The Morgan fingerprint density at radius 2 is 2.00 bits per heavy atom. The highest BCUT2D eigenvalue weighted by Gasteiger charge is 2.21. The first-order valence-corrected chi connectivity index (χ1v) is 5.59. The Balaban J connectivity index is 2.30. The van der Waals surface area contributed by atoms with Gasteiger partial charge in [0.25, 0.3) is 0 Å². The molecule has 11 heavy (non-hydrogen) atoms. The van der Waals surface area contributed by atoms with Crippen LogP contribution in [0.4, 0.5) is 0 Å². The third kappa shape index (κ3) is 2.75. The molecule has 1 aliphatic carbocycles. The fraction of sp³-hybridized carbons (Fsp3) is 1.00. The minimum Gasteiger partial charge on any atom is -0.380 e. The number of ether oxygens (including phenoxy) is 1. The van der Waals surface area contributed by atoms with E-state index < -0.39 is 0 Å². The van der Waals surface area contributed by atoms with Crippen LogP contribution in [0.5, 0.6) is 0 Å². The summed E-state index contributed by atoms with van der Waals surface area (Å²) in [6.07, 6.45) is 7.41. The highest BCUT2D eigenvalue weighted by atomic mass is 79.9. The zero-order chi connectivity index (χ0) is 8.10. The number of methoxy groups -OCH3 is 1. The first-order chi connectivity index (χ1) is 5.38. The van der Waals surface area contributed by atoms with Crippen LogP contribution in [0.3, 0.4) is 0 Å². The van der Waals surface area contributed by atoms with Crippen LogP contribution in [0.25, 0.3) is 0 Å². The van der Waals surface area contributed by atoms with Crippen LogP contribution >= 0.6 is 15.9 Å². The Morgan fingerprint density at radius 3 is 2.45 bits per heavy atom. The predicted molar refractivity (Wildman–Crippen MR) is 51.2 cm³/mol. The molecule has 0 amide bonds. The van der Waals surface area contributed by atoms with Crippen LogP contribution < -0.4 is 0 Å². The summed E-state index contributed by atoms with van der Waals surface area (Å²) in [6, 6.07) is 0. The number of hydrogen-bond donors (Lipinski definition) is 0. The molecule has 0 aromatic heterocycles. The Kier molecular flexibility index (Phi) is 4.46. The van der Waals surface area contributed by atoms with Crippen molar-refractivity contribution in [1.29, 1.82) is 0 Å². The van der Waals surface area contributed by atoms with Crippen LogP contribution in [0, 0.1) is 5.92 Å². The Bertz CT molecular complexity index is 95.7. The number of rotatable bonds is 3. The van der Waals surface area contributed by atoms with Crippen molar-refractivity contribution in [3.63, 3.8) is 0 Å². The van der Waals surface area contributed by atoms with Crippen molar-refractivity contribution in [2.24, 2.45) is 5.92 Å². The lowest BCUT2D eigenvalue weighted by molar-refractivity contribution is 0.0551. The normalized spacial score (nSPS) is 23.5. The molecule has 0 bridgehead atoms. The summed E-state index contributed by atoms with van der Waals surface area (Å²) in [7, 11) is 1.82. The lowest BCUT2D eigenvalue weighted by Gasteiger charge is -2.27. The molecule has 1 aliphatic rings. The molecule has 0 aromatic carbocycles. The van der Waals surface area contributed by atoms with Crippen LogP contribution in [0.1, 0.15) is 32.1 Å². The van der Waals surface area contributed by atoms with E-state index in [0.29, 0.717) is 6.10 Å². The van der Waals surface area contributed by atoms with Gasteiger partial charge in [0.15, 0.2) is 0 Å². The Labute approximate surface area is 77.6 Å². The summed E-state index contributed by atoms with van der Waals surface area (Å²) < 4.78 is 5.39. The van der Waals surface area contributed by atoms with Gasteiger partial charge >= 0.3 is 0 Å². The van der Waals surface area contributed by atoms with Crippen molar-refractivity contribution in [2.45, 2.75) is 38.2 Å². The van der Waals surface area contributed by atoms with E-state index in [1.807, 2.05) is 7.11 Å². The molecular weight excluding hydrogens is 204 g/mol. The van der Waals surface area contributed by atoms with E-state index in [1.54, 1.807) is 0 Å². The minimum absolute atomic E-state index is 0.454. The van der Waals surface area contributed by atoms with Gasteiger partial charge in [0.1, 0.15) is 0 Å². The second-order valence-electron chi connectivity index (χ2n) is 3.33. The van der Waals surface area contributed by atoms with Gasteiger partial charge in [-0.25, -0.2) is 0 Å². The zero-order valence-corrected chi connectivity index (χ0v) is 8.77. The maximum absolute atomic E-state index is 5.39. The molecule has 0 aromatic rings. The molecule has 66 valence electrons.